The number of rotatable bonds is 3. The van der Waals surface area contributed by atoms with E-state index < -0.39 is 17.6 Å². The Bertz CT molecular complexity index is 1040. The maximum absolute atomic E-state index is 13.1. The Hall–Kier alpha value is -2.74. The van der Waals surface area contributed by atoms with Crippen LogP contribution in [0.15, 0.2) is 30.5 Å². The van der Waals surface area contributed by atoms with Crippen molar-refractivity contribution in [3.8, 4) is 5.75 Å². The molecule has 0 saturated carbocycles. The fourth-order valence-electron chi connectivity index (χ4n) is 2.75. The first-order valence-electron chi connectivity index (χ1n) is 7.83. The molecule has 0 radical (unpaired) electrons. The van der Waals surface area contributed by atoms with Gasteiger partial charge >= 0.3 is 6.18 Å². The number of benzene rings is 1. The van der Waals surface area contributed by atoms with Crippen molar-refractivity contribution in [2.24, 2.45) is 0 Å². The van der Waals surface area contributed by atoms with Gasteiger partial charge in [-0.3, -0.25) is 9.20 Å². The van der Waals surface area contributed by atoms with Gasteiger partial charge in [-0.15, -0.1) is 0 Å². The molecule has 0 spiro atoms. The summed E-state index contributed by atoms with van der Waals surface area (Å²) in [6, 6.07) is 5.98. The fourth-order valence-corrected chi connectivity index (χ4v) is 3.00. The summed E-state index contributed by atoms with van der Waals surface area (Å²) in [7, 11) is 1.45. The molecule has 9 heteroatoms. The summed E-state index contributed by atoms with van der Waals surface area (Å²) in [4.78, 5) is 16.9. The fraction of sp³-hybridized carbons (Fsp3) is 0.222. The van der Waals surface area contributed by atoms with Crippen LogP contribution >= 0.6 is 11.6 Å². The van der Waals surface area contributed by atoms with Crippen molar-refractivity contribution in [1.29, 1.82) is 0 Å². The van der Waals surface area contributed by atoms with E-state index in [4.69, 9.17) is 16.3 Å². The molecule has 3 rings (SSSR count). The number of anilines is 1. The molecule has 0 unspecified atom stereocenters. The van der Waals surface area contributed by atoms with E-state index in [9.17, 15) is 18.0 Å². The standard InChI is InChI=1S/C18H15ClF3N3O2/c1-9-4-5-14(27-3)13(6-9)24-17(26)15-10(2)23-16-12(19)7-11(8-25(15)16)18(20,21)22/h4-8H,1-3H3,(H,24,26). The molecule has 3 aromatic rings. The molecule has 1 N–H and O–H groups in total. The van der Waals surface area contributed by atoms with Crippen LogP contribution in [0.5, 0.6) is 5.75 Å². The van der Waals surface area contributed by atoms with Gasteiger partial charge in [0.05, 0.1) is 29.1 Å². The Morgan fingerprint density at radius 2 is 1.96 bits per heavy atom. The lowest BCUT2D eigenvalue weighted by molar-refractivity contribution is -0.137. The summed E-state index contributed by atoms with van der Waals surface area (Å²) in [5.74, 6) is -0.200. The number of halogens is 4. The summed E-state index contributed by atoms with van der Waals surface area (Å²) < 4.78 is 45.6. The number of carbonyl (C=O) groups is 1. The first-order chi connectivity index (χ1) is 12.6. The summed E-state index contributed by atoms with van der Waals surface area (Å²) in [5.41, 5.74) is 0.586. The van der Waals surface area contributed by atoms with Crippen LogP contribution in [0.1, 0.15) is 27.3 Å². The predicted molar refractivity (Wildman–Crippen MR) is 95.6 cm³/mol. The van der Waals surface area contributed by atoms with Gasteiger partial charge in [0.2, 0.25) is 0 Å². The molecule has 1 aromatic carbocycles. The van der Waals surface area contributed by atoms with E-state index in [0.29, 0.717) is 11.4 Å². The monoisotopic (exact) mass is 397 g/mol. The summed E-state index contributed by atoms with van der Waals surface area (Å²) in [5, 5.41) is 2.47. The lowest BCUT2D eigenvalue weighted by Crippen LogP contribution is -2.17. The SMILES string of the molecule is COc1ccc(C)cc1NC(=O)c1c(C)nc2c(Cl)cc(C(F)(F)F)cn12. The van der Waals surface area contributed by atoms with Gasteiger partial charge < -0.3 is 10.1 Å². The highest BCUT2D eigenvalue weighted by atomic mass is 35.5. The van der Waals surface area contributed by atoms with Crippen LogP contribution in [0.25, 0.3) is 5.65 Å². The maximum Gasteiger partial charge on any atom is 0.417 e. The molecule has 0 aliphatic carbocycles. The highest BCUT2D eigenvalue weighted by Gasteiger charge is 2.33. The third kappa shape index (κ3) is 3.57. The number of ether oxygens (including phenoxy) is 1. The Balaban J connectivity index is 2.11. The van der Waals surface area contributed by atoms with Gasteiger partial charge in [0.15, 0.2) is 5.65 Å². The van der Waals surface area contributed by atoms with Crippen LogP contribution in [-0.2, 0) is 6.18 Å². The molecule has 0 fully saturated rings. The quantitative estimate of drug-likeness (QED) is 0.685. The number of hydrogen-bond donors (Lipinski definition) is 1. The van der Waals surface area contributed by atoms with Crippen LogP contribution in [0, 0.1) is 13.8 Å². The van der Waals surface area contributed by atoms with E-state index in [0.717, 1.165) is 22.2 Å². The van der Waals surface area contributed by atoms with Gasteiger partial charge in [0.1, 0.15) is 11.4 Å². The number of carbonyl (C=O) groups excluding carboxylic acids is 1. The normalized spacial score (nSPS) is 11.7. The number of nitrogens with zero attached hydrogens (tertiary/aromatic N) is 2. The molecule has 142 valence electrons. The summed E-state index contributed by atoms with van der Waals surface area (Å²) >= 11 is 5.95. The second kappa shape index (κ2) is 6.77. The largest absolute Gasteiger partial charge is 0.495 e. The number of fused-ring (bicyclic) bond motifs is 1. The average Bonchev–Trinajstić information content (AvgIpc) is 2.91. The Kier molecular flexibility index (Phi) is 4.77. The van der Waals surface area contributed by atoms with E-state index in [2.05, 4.69) is 10.3 Å². The van der Waals surface area contributed by atoms with E-state index >= 15 is 0 Å². The maximum atomic E-state index is 13.1. The number of nitrogens with one attached hydrogen (secondary N) is 1. The van der Waals surface area contributed by atoms with E-state index in [1.807, 2.05) is 13.0 Å². The predicted octanol–water partition coefficient (Wildman–Crippen LogP) is 4.88. The minimum atomic E-state index is -4.61. The minimum absolute atomic E-state index is 0.0402. The molecule has 1 amide bonds. The zero-order valence-corrected chi connectivity index (χ0v) is 15.4. The van der Waals surface area contributed by atoms with E-state index in [1.54, 1.807) is 12.1 Å². The van der Waals surface area contributed by atoms with E-state index in [1.165, 1.54) is 14.0 Å². The first kappa shape index (κ1) is 19.0. The number of imidazole rings is 1. The lowest BCUT2D eigenvalue weighted by Gasteiger charge is -2.12. The molecule has 0 atom stereocenters. The minimum Gasteiger partial charge on any atom is -0.495 e. The number of amides is 1. The molecule has 0 bridgehead atoms. The molecule has 27 heavy (non-hydrogen) atoms. The van der Waals surface area contributed by atoms with Crippen LogP contribution in [0.2, 0.25) is 5.02 Å². The van der Waals surface area contributed by atoms with Gasteiger partial charge in [-0.25, -0.2) is 4.98 Å². The lowest BCUT2D eigenvalue weighted by atomic mass is 10.2. The molecule has 0 aliphatic heterocycles. The van der Waals surface area contributed by atoms with E-state index in [-0.39, 0.29) is 22.1 Å². The highest BCUT2D eigenvalue weighted by Crippen LogP contribution is 2.33. The number of methoxy groups -OCH3 is 1. The average molecular weight is 398 g/mol. The first-order valence-corrected chi connectivity index (χ1v) is 8.21. The van der Waals surface area contributed by atoms with Gasteiger partial charge in [0, 0.05) is 6.20 Å². The molecular weight excluding hydrogens is 383 g/mol. The number of aryl methyl sites for hydroxylation is 2. The van der Waals surface area contributed by atoms with Gasteiger partial charge in [0.25, 0.3) is 5.91 Å². The number of hydrogen-bond acceptors (Lipinski definition) is 3. The Morgan fingerprint density at radius 1 is 1.26 bits per heavy atom. The Morgan fingerprint density at radius 3 is 2.59 bits per heavy atom. The zero-order valence-electron chi connectivity index (χ0n) is 14.6. The second-order valence-corrected chi connectivity index (χ2v) is 6.38. The third-order valence-corrected chi connectivity index (χ3v) is 4.27. The van der Waals surface area contributed by atoms with Crippen molar-refractivity contribution in [3.63, 3.8) is 0 Å². The molecule has 0 saturated heterocycles. The molecule has 5 nitrogen and oxygen atoms in total. The van der Waals surface area contributed by atoms with Crippen molar-refractivity contribution < 1.29 is 22.7 Å². The van der Waals surface area contributed by atoms with Crippen LogP contribution in [0.3, 0.4) is 0 Å². The third-order valence-electron chi connectivity index (χ3n) is 4.00. The summed E-state index contributed by atoms with van der Waals surface area (Å²) in [6.45, 7) is 3.36. The topological polar surface area (TPSA) is 55.6 Å². The molecule has 2 aromatic heterocycles. The molecule has 2 heterocycles. The van der Waals surface area contributed by atoms with Crippen molar-refractivity contribution in [2.45, 2.75) is 20.0 Å². The number of alkyl halides is 3. The number of pyridine rings is 1. The smallest absolute Gasteiger partial charge is 0.417 e. The van der Waals surface area contributed by atoms with Crippen LogP contribution in [-0.4, -0.2) is 22.4 Å². The van der Waals surface area contributed by atoms with Gasteiger partial charge in [-0.05, 0) is 37.6 Å². The Labute approximate surface area is 157 Å². The zero-order chi connectivity index (χ0) is 19.9. The molecule has 0 aliphatic rings. The van der Waals surface area contributed by atoms with Crippen LogP contribution < -0.4 is 10.1 Å². The summed E-state index contributed by atoms with van der Waals surface area (Å²) in [6.07, 6.45) is -3.80. The van der Waals surface area contributed by atoms with Crippen LogP contribution in [0.4, 0.5) is 18.9 Å². The molecular formula is C18H15ClF3N3O2. The van der Waals surface area contributed by atoms with Crippen molar-refractivity contribution in [1.82, 2.24) is 9.38 Å². The van der Waals surface area contributed by atoms with Gasteiger partial charge in [-0.1, -0.05) is 17.7 Å². The number of aromatic nitrogens is 2. The second-order valence-electron chi connectivity index (χ2n) is 5.97. The van der Waals surface area contributed by atoms with Crippen molar-refractivity contribution in [3.05, 3.63) is 58.0 Å². The van der Waals surface area contributed by atoms with Crippen molar-refractivity contribution >= 4 is 28.8 Å². The van der Waals surface area contributed by atoms with Crippen molar-refractivity contribution in [2.75, 3.05) is 12.4 Å². The van der Waals surface area contributed by atoms with Gasteiger partial charge in [-0.2, -0.15) is 13.2 Å². The highest BCUT2D eigenvalue weighted by molar-refractivity contribution is 6.33.